The fourth-order valence-electron chi connectivity index (χ4n) is 3.50. The highest BCUT2D eigenvalue weighted by atomic mass is 16.5. The van der Waals surface area contributed by atoms with E-state index < -0.39 is 0 Å². The van der Waals surface area contributed by atoms with Gasteiger partial charge in [-0.15, -0.1) is 0 Å². The Labute approximate surface area is 167 Å². The summed E-state index contributed by atoms with van der Waals surface area (Å²) in [5, 5.41) is 7.94. The number of hydrogen-bond donors (Lipinski definition) is 1. The van der Waals surface area contributed by atoms with Crippen LogP contribution in [0.25, 0.3) is 16.7 Å². The van der Waals surface area contributed by atoms with Crippen LogP contribution in [-0.2, 0) is 6.42 Å². The van der Waals surface area contributed by atoms with Gasteiger partial charge < -0.3 is 9.84 Å². The molecule has 146 valence electrons. The van der Waals surface area contributed by atoms with E-state index in [0.29, 0.717) is 30.3 Å². The molecule has 3 heterocycles. The molecule has 1 saturated carbocycles. The molecule has 1 aliphatic carbocycles. The molecule has 0 radical (unpaired) electrons. The number of benzene rings is 1. The zero-order chi connectivity index (χ0) is 19.8. The van der Waals surface area contributed by atoms with Crippen LogP contribution >= 0.6 is 0 Å². The largest absolute Gasteiger partial charge is 0.361 e. The van der Waals surface area contributed by atoms with Crippen molar-refractivity contribution in [2.75, 3.05) is 6.54 Å². The van der Waals surface area contributed by atoms with Crippen LogP contribution < -0.4 is 5.32 Å². The third kappa shape index (κ3) is 3.51. The number of imidazole rings is 1. The minimum atomic E-state index is -0.131. The Bertz CT molecular complexity index is 1190. The highest BCUT2D eigenvalue weighted by molar-refractivity contribution is 6.06. The molecule has 29 heavy (non-hydrogen) atoms. The predicted octanol–water partition coefficient (Wildman–Crippen LogP) is 3.57. The number of carbonyl (C=O) groups excluding carboxylic acids is 1. The van der Waals surface area contributed by atoms with Gasteiger partial charge in [0.1, 0.15) is 17.4 Å². The van der Waals surface area contributed by atoms with Gasteiger partial charge in [-0.3, -0.25) is 9.36 Å². The molecule has 1 aliphatic rings. The van der Waals surface area contributed by atoms with E-state index in [1.165, 1.54) is 12.8 Å². The summed E-state index contributed by atoms with van der Waals surface area (Å²) >= 11 is 0. The average Bonchev–Trinajstić information content (AvgIpc) is 3.33. The van der Waals surface area contributed by atoms with Crippen molar-refractivity contribution in [1.29, 1.82) is 0 Å². The maximum absolute atomic E-state index is 13.0. The maximum Gasteiger partial charge on any atom is 0.252 e. The summed E-state index contributed by atoms with van der Waals surface area (Å²) in [6.45, 7) is 2.40. The van der Waals surface area contributed by atoms with Gasteiger partial charge in [0.15, 0.2) is 0 Å². The van der Waals surface area contributed by atoms with Crippen molar-refractivity contribution in [3.63, 3.8) is 0 Å². The van der Waals surface area contributed by atoms with Gasteiger partial charge in [0, 0.05) is 42.7 Å². The molecule has 0 bridgehead atoms. The average molecular weight is 387 g/mol. The first-order chi connectivity index (χ1) is 14.2. The lowest BCUT2D eigenvalue weighted by Gasteiger charge is -2.11. The Hall–Kier alpha value is -3.48. The molecule has 1 aromatic carbocycles. The summed E-state index contributed by atoms with van der Waals surface area (Å²) in [4.78, 5) is 21.9. The molecule has 0 aliphatic heterocycles. The van der Waals surface area contributed by atoms with Crippen LogP contribution in [0, 0.1) is 6.92 Å². The van der Waals surface area contributed by atoms with Gasteiger partial charge in [0.2, 0.25) is 0 Å². The Morgan fingerprint density at radius 1 is 1.28 bits per heavy atom. The van der Waals surface area contributed by atoms with E-state index in [-0.39, 0.29) is 5.91 Å². The maximum atomic E-state index is 13.0. The number of hydrogen-bond acceptors (Lipinski definition) is 5. The fraction of sp³-hybridized carbons (Fsp3) is 0.273. The van der Waals surface area contributed by atoms with Crippen LogP contribution in [0.3, 0.4) is 0 Å². The zero-order valence-electron chi connectivity index (χ0n) is 16.1. The van der Waals surface area contributed by atoms with Gasteiger partial charge in [-0.2, -0.15) is 0 Å². The summed E-state index contributed by atoms with van der Waals surface area (Å²) in [7, 11) is 0. The van der Waals surface area contributed by atoms with E-state index in [0.717, 1.165) is 28.2 Å². The van der Waals surface area contributed by atoms with Gasteiger partial charge in [0.25, 0.3) is 5.91 Å². The van der Waals surface area contributed by atoms with Crippen molar-refractivity contribution in [2.24, 2.45) is 0 Å². The second-order valence-corrected chi connectivity index (χ2v) is 7.39. The van der Waals surface area contributed by atoms with E-state index in [1.54, 1.807) is 6.20 Å². The monoisotopic (exact) mass is 387 g/mol. The summed E-state index contributed by atoms with van der Waals surface area (Å²) in [6.07, 6.45) is 6.56. The van der Waals surface area contributed by atoms with Crippen molar-refractivity contribution >= 4 is 16.8 Å². The Morgan fingerprint density at radius 3 is 2.93 bits per heavy atom. The number of aryl methyl sites for hydroxylation is 1. The first-order valence-electron chi connectivity index (χ1n) is 9.83. The molecule has 3 aromatic heterocycles. The summed E-state index contributed by atoms with van der Waals surface area (Å²) in [5.74, 6) is 2.87. The van der Waals surface area contributed by atoms with Gasteiger partial charge in [-0.1, -0.05) is 23.4 Å². The lowest BCUT2D eigenvalue weighted by atomic mass is 10.1. The molecule has 5 rings (SSSR count). The second kappa shape index (κ2) is 7.16. The third-order valence-electron chi connectivity index (χ3n) is 5.24. The van der Waals surface area contributed by atoms with Crippen molar-refractivity contribution in [3.05, 3.63) is 71.6 Å². The smallest absolute Gasteiger partial charge is 0.252 e. The van der Waals surface area contributed by atoms with Gasteiger partial charge in [-0.25, -0.2) is 9.97 Å². The van der Waals surface area contributed by atoms with Crippen molar-refractivity contribution in [2.45, 2.75) is 32.1 Å². The summed E-state index contributed by atoms with van der Waals surface area (Å²) in [6, 6.07) is 11.5. The van der Waals surface area contributed by atoms with E-state index in [2.05, 4.69) is 15.5 Å². The van der Waals surface area contributed by atoms with Crippen molar-refractivity contribution in [3.8, 4) is 5.82 Å². The molecular weight excluding hydrogens is 366 g/mol. The minimum Gasteiger partial charge on any atom is -0.361 e. The van der Waals surface area contributed by atoms with Crippen LogP contribution in [0.5, 0.6) is 0 Å². The molecular formula is C22H21N5O2. The summed E-state index contributed by atoms with van der Waals surface area (Å²) in [5.41, 5.74) is 2.24. The molecule has 7 nitrogen and oxygen atoms in total. The Morgan fingerprint density at radius 2 is 2.14 bits per heavy atom. The zero-order valence-corrected chi connectivity index (χ0v) is 16.1. The molecule has 0 spiro atoms. The number of nitrogens with zero attached hydrogens (tertiary/aromatic N) is 4. The molecule has 1 amide bonds. The number of para-hydroxylation sites is 1. The van der Waals surface area contributed by atoms with Crippen LogP contribution in [0.2, 0.25) is 0 Å². The van der Waals surface area contributed by atoms with Crippen molar-refractivity contribution < 1.29 is 9.32 Å². The number of carbonyl (C=O) groups is 1. The van der Waals surface area contributed by atoms with Gasteiger partial charge in [0.05, 0.1) is 16.8 Å². The predicted molar refractivity (Wildman–Crippen MR) is 108 cm³/mol. The van der Waals surface area contributed by atoms with Crippen molar-refractivity contribution in [1.82, 2.24) is 25.0 Å². The molecule has 1 N–H and O–H groups in total. The Balaban J connectivity index is 1.37. The molecule has 1 fully saturated rings. The van der Waals surface area contributed by atoms with Crippen LogP contribution in [-0.4, -0.2) is 32.1 Å². The number of nitrogens with one attached hydrogen (secondary N) is 1. The standard InChI is InChI=1S/C22H21N5O2/c1-14-23-10-11-27(14)21-13-18(17-4-2-3-5-19(17)25-21)22(28)24-9-8-16-12-20(29-26-16)15-6-7-15/h2-5,10-13,15H,6-9H2,1H3,(H,24,28). The van der Waals surface area contributed by atoms with E-state index in [1.807, 2.05) is 54.1 Å². The molecule has 0 saturated heterocycles. The van der Waals surface area contributed by atoms with Crippen LogP contribution in [0.15, 0.2) is 53.3 Å². The van der Waals surface area contributed by atoms with E-state index in [9.17, 15) is 4.79 Å². The molecule has 0 unspecified atom stereocenters. The van der Waals surface area contributed by atoms with E-state index >= 15 is 0 Å². The second-order valence-electron chi connectivity index (χ2n) is 7.39. The molecule has 0 atom stereocenters. The van der Waals surface area contributed by atoms with Gasteiger partial charge in [-0.05, 0) is 31.9 Å². The first kappa shape index (κ1) is 17.6. The topological polar surface area (TPSA) is 85.8 Å². The number of rotatable bonds is 6. The molecule has 7 heteroatoms. The Kier molecular flexibility index (Phi) is 4.35. The normalized spacial score (nSPS) is 13.7. The van der Waals surface area contributed by atoms with E-state index in [4.69, 9.17) is 9.51 Å². The lowest BCUT2D eigenvalue weighted by molar-refractivity contribution is 0.0955. The quantitative estimate of drug-likeness (QED) is 0.547. The SMILES string of the molecule is Cc1nccn1-c1cc(C(=O)NCCc2cc(C3CC3)on2)c2ccccc2n1. The van der Waals surface area contributed by atoms with Crippen LogP contribution in [0.1, 0.15) is 46.4 Å². The number of aromatic nitrogens is 4. The number of fused-ring (bicyclic) bond motifs is 1. The third-order valence-corrected chi connectivity index (χ3v) is 5.24. The highest BCUT2D eigenvalue weighted by Gasteiger charge is 2.27. The molecule has 4 aromatic rings. The van der Waals surface area contributed by atoms with Crippen LogP contribution in [0.4, 0.5) is 0 Å². The highest BCUT2D eigenvalue weighted by Crippen LogP contribution is 2.40. The fourth-order valence-corrected chi connectivity index (χ4v) is 3.50. The van der Waals surface area contributed by atoms with Gasteiger partial charge >= 0.3 is 0 Å². The summed E-state index contributed by atoms with van der Waals surface area (Å²) < 4.78 is 7.25. The number of pyridine rings is 1. The lowest BCUT2D eigenvalue weighted by Crippen LogP contribution is -2.26. The first-order valence-corrected chi connectivity index (χ1v) is 9.83. The number of amides is 1. The minimum absolute atomic E-state index is 0.131.